The standard InChI is InChI=1S/C21H15N3O2S/c1-2-24-17-9-8-15(13-4-3-5-14(19(13)17)21(24)26)23-20(25)12-6-7-16-18(10-12)27-11-22-16/h3-11H,2H2,1H3,(H,23,25). The molecule has 132 valence electrons. The summed E-state index contributed by atoms with van der Waals surface area (Å²) in [5.41, 5.74) is 5.53. The first-order valence-electron chi connectivity index (χ1n) is 8.69. The molecule has 27 heavy (non-hydrogen) atoms. The quantitative estimate of drug-likeness (QED) is 0.567. The summed E-state index contributed by atoms with van der Waals surface area (Å²) in [6, 6.07) is 14.9. The van der Waals surface area contributed by atoms with Crippen LogP contribution >= 0.6 is 11.3 Å². The van der Waals surface area contributed by atoms with Gasteiger partial charge in [0.25, 0.3) is 11.8 Å². The second-order valence-corrected chi connectivity index (χ2v) is 7.29. The molecule has 4 aromatic rings. The number of thiazole rings is 1. The van der Waals surface area contributed by atoms with Crippen LogP contribution in [0.15, 0.2) is 54.0 Å². The topological polar surface area (TPSA) is 62.3 Å². The van der Waals surface area contributed by atoms with Crippen LogP contribution in [0.5, 0.6) is 0 Å². The average Bonchev–Trinajstić information content (AvgIpc) is 3.27. The predicted octanol–water partition coefficient (Wildman–Crippen LogP) is 4.68. The molecule has 0 unspecified atom stereocenters. The third-order valence-electron chi connectivity index (χ3n) is 4.94. The molecule has 2 amide bonds. The average molecular weight is 373 g/mol. The Balaban J connectivity index is 1.57. The maximum Gasteiger partial charge on any atom is 0.258 e. The molecule has 5 rings (SSSR count). The van der Waals surface area contributed by atoms with Crippen molar-refractivity contribution in [3.63, 3.8) is 0 Å². The number of fused-ring (bicyclic) bond motifs is 1. The monoisotopic (exact) mass is 373 g/mol. The molecule has 1 N–H and O–H groups in total. The molecule has 0 bridgehead atoms. The zero-order valence-electron chi connectivity index (χ0n) is 14.5. The summed E-state index contributed by atoms with van der Waals surface area (Å²) in [7, 11) is 0. The van der Waals surface area contributed by atoms with E-state index in [1.165, 1.54) is 11.3 Å². The lowest BCUT2D eigenvalue weighted by Gasteiger charge is -2.15. The van der Waals surface area contributed by atoms with E-state index in [4.69, 9.17) is 0 Å². The van der Waals surface area contributed by atoms with Crippen LogP contribution in [0.1, 0.15) is 27.6 Å². The van der Waals surface area contributed by atoms with Gasteiger partial charge in [-0.05, 0) is 43.3 Å². The van der Waals surface area contributed by atoms with Gasteiger partial charge in [0.2, 0.25) is 0 Å². The largest absolute Gasteiger partial charge is 0.321 e. The van der Waals surface area contributed by atoms with Gasteiger partial charge < -0.3 is 10.2 Å². The molecule has 0 aliphatic carbocycles. The van der Waals surface area contributed by atoms with Gasteiger partial charge in [-0.25, -0.2) is 4.98 Å². The number of benzene rings is 3. The van der Waals surface area contributed by atoms with Crippen LogP contribution in [-0.2, 0) is 0 Å². The zero-order chi connectivity index (χ0) is 18.5. The number of nitrogens with one attached hydrogen (secondary N) is 1. The summed E-state index contributed by atoms with van der Waals surface area (Å²) in [6.07, 6.45) is 0. The summed E-state index contributed by atoms with van der Waals surface area (Å²) >= 11 is 1.51. The molecular weight excluding hydrogens is 358 g/mol. The van der Waals surface area contributed by atoms with Gasteiger partial charge in [-0.3, -0.25) is 9.59 Å². The van der Waals surface area contributed by atoms with E-state index in [9.17, 15) is 9.59 Å². The lowest BCUT2D eigenvalue weighted by atomic mass is 10.0. The molecule has 0 radical (unpaired) electrons. The van der Waals surface area contributed by atoms with Crippen molar-refractivity contribution in [1.82, 2.24) is 4.98 Å². The Labute approximate surface area is 159 Å². The molecule has 0 spiro atoms. The van der Waals surface area contributed by atoms with Crippen molar-refractivity contribution < 1.29 is 9.59 Å². The molecule has 0 atom stereocenters. The van der Waals surface area contributed by atoms with E-state index in [0.29, 0.717) is 23.4 Å². The Morgan fingerprint density at radius 2 is 2.07 bits per heavy atom. The van der Waals surface area contributed by atoms with Crippen molar-refractivity contribution in [3.8, 4) is 0 Å². The van der Waals surface area contributed by atoms with E-state index in [-0.39, 0.29) is 11.8 Å². The molecule has 0 saturated carbocycles. The Morgan fingerprint density at radius 3 is 2.93 bits per heavy atom. The molecule has 3 aromatic carbocycles. The van der Waals surface area contributed by atoms with Gasteiger partial charge in [0, 0.05) is 34.1 Å². The second kappa shape index (κ2) is 5.89. The van der Waals surface area contributed by atoms with Crippen molar-refractivity contribution in [2.45, 2.75) is 6.92 Å². The normalized spacial score (nSPS) is 12.9. The highest BCUT2D eigenvalue weighted by Crippen LogP contribution is 2.40. The second-order valence-electron chi connectivity index (χ2n) is 6.40. The Hall–Kier alpha value is -3.25. The molecule has 2 heterocycles. The van der Waals surface area contributed by atoms with Crippen LogP contribution in [0.4, 0.5) is 11.4 Å². The van der Waals surface area contributed by atoms with E-state index in [2.05, 4.69) is 10.3 Å². The van der Waals surface area contributed by atoms with Gasteiger partial charge in [-0.1, -0.05) is 12.1 Å². The van der Waals surface area contributed by atoms with Gasteiger partial charge >= 0.3 is 0 Å². The van der Waals surface area contributed by atoms with Crippen LogP contribution in [0.25, 0.3) is 21.0 Å². The molecule has 5 nitrogen and oxygen atoms in total. The first-order chi connectivity index (χ1) is 13.2. The van der Waals surface area contributed by atoms with E-state index in [1.54, 1.807) is 16.5 Å². The number of carbonyl (C=O) groups excluding carboxylic acids is 2. The Bertz CT molecular complexity index is 1240. The predicted molar refractivity (Wildman–Crippen MR) is 109 cm³/mol. The number of amides is 2. The number of carbonyl (C=O) groups is 2. The third-order valence-corrected chi connectivity index (χ3v) is 5.73. The maximum absolute atomic E-state index is 12.8. The molecule has 1 aliphatic rings. The van der Waals surface area contributed by atoms with Gasteiger partial charge in [-0.15, -0.1) is 11.3 Å². The Kier molecular flexibility index (Phi) is 3.48. The maximum atomic E-state index is 12.8. The Morgan fingerprint density at radius 1 is 1.19 bits per heavy atom. The lowest BCUT2D eigenvalue weighted by molar-refractivity contribution is 0.0992. The zero-order valence-corrected chi connectivity index (χ0v) is 15.3. The fourth-order valence-corrected chi connectivity index (χ4v) is 4.38. The van der Waals surface area contributed by atoms with Gasteiger partial charge in [0.05, 0.1) is 21.4 Å². The number of aromatic nitrogens is 1. The van der Waals surface area contributed by atoms with E-state index < -0.39 is 0 Å². The van der Waals surface area contributed by atoms with Crippen molar-refractivity contribution in [1.29, 1.82) is 0 Å². The molecule has 0 saturated heterocycles. The van der Waals surface area contributed by atoms with E-state index in [0.717, 1.165) is 26.7 Å². The van der Waals surface area contributed by atoms with Crippen molar-refractivity contribution >= 4 is 55.5 Å². The fraction of sp³-hybridized carbons (Fsp3) is 0.0952. The summed E-state index contributed by atoms with van der Waals surface area (Å²) in [4.78, 5) is 31.4. The highest BCUT2D eigenvalue weighted by atomic mass is 32.1. The number of hydrogen-bond acceptors (Lipinski definition) is 4. The highest BCUT2D eigenvalue weighted by molar-refractivity contribution is 7.16. The highest BCUT2D eigenvalue weighted by Gasteiger charge is 2.29. The lowest BCUT2D eigenvalue weighted by Crippen LogP contribution is -2.25. The SMILES string of the molecule is CCN1C(=O)c2cccc3c(NC(=O)c4ccc5ncsc5c4)ccc1c23. The number of rotatable bonds is 3. The summed E-state index contributed by atoms with van der Waals surface area (Å²) < 4.78 is 0.979. The van der Waals surface area contributed by atoms with Crippen molar-refractivity contribution in [3.05, 3.63) is 65.2 Å². The number of nitrogens with zero attached hydrogens (tertiary/aromatic N) is 2. The minimum absolute atomic E-state index is 0.0113. The third kappa shape index (κ3) is 2.34. The molecule has 6 heteroatoms. The van der Waals surface area contributed by atoms with E-state index in [1.807, 2.05) is 49.4 Å². The molecule has 0 fully saturated rings. The summed E-state index contributed by atoms with van der Waals surface area (Å²) in [6.45, 7) is 2.57. The first kappa shape index (κ1) is 16.0. The minimum atomic E-state index is -0.178. The number of anilines is 2. The van der Waals surface area contributed by atoms with Crippen LogP contribution in [0.2, 0.25) is 0 Å². The molecular formula is C21H15N3O2S. The van der Waals surface area contributed by atoms with Crippen molar-refractivity contribution in [2.24, 2.45) is 0 Å². The van der Waals surface area contributed by atoms with Crippen LogP contribution in [-0.4, -0.2) is 23.3 Å². The van der Waals surface area contributed by atoms with E-state index >= 15 is 0 Å². The van der Waals surface area contributed by atoms with Crippen LogP contribution in [0, 0.1) is 0 Å². The van der Waals surface area contributed by atoms with Crippen LogP contribution < -0.4 is 10.2 Å². The number of hydrogen-bond donors (Lipinski definition) is 1. The van der Waals surface area contributed by atoms with Crippen molar-refractivity contribution in [2.75, 3.05) is 16.8 Å². The van der Waals surface area contributed by atoms with Gasteiger partial charge in [-0.2, -0.15) is 0 Å². The molecule has 1 aliphatic heterocycles. The summed E-state index contributed by atoms with van der Waals surface area (Å²) in [5.74, 6) is -0.167. The fourth-order valence-electron chi connectivity index (χ4n) is 3.66. The van der Waals surface area contributed by atoms with Gasteiger partial charge in [0.1, 0.15) is 0 Å². The molecule has 1 aromatic heterocycles. The smallest absolute Gasteiger partial charge is 0.258 e. The van der Waals surface area contributed by atoms with Crippen LogP contribution in [0.3, 0.4) is 0 Å². The minimum Gasteiger partial charge on any atom is -0.321 e. The van der Waals surface area contributed by atoms with Gasteiger partial charge in [0.15, 0.2) is 0 Å². The first-order valence-corrected chi connectivity index (χ1v) is 9.57. The summed E-state index contributed by atoms with van der Waals surface area (Å²) in [5, 5.41) is 4.78.